The van der Waals surface area contributed by atoms with Crippen LogP contribution in [0.4, 0.5) is 24.8 Å². The van der Waals surface area contributed by atoms with E-state index in [1.807, 2.05) is 13.0 Å². The first-order chi connectivity index (χ1) is 18.4. The molecule has 0 radical (unpaired) electrons. The Kier molecular flexibility index (Phi) is 5.83. The van der Waals surface area contributed by atoms with Crippen molar-refractivity contribution in [1.82, 2.24) is 24.4 Å². The number of fused-ring (bicyclic) bond motifs is 4. The average molecular weight is 602 g/mol. The van der Waals surface area contributed by atoms with E-state index in [1.54, 1.807) is 22.5 Å². The quantitative estimate of drug-likeness (QED) is 0.330. The molecule has 1 saturated carbocycles. The maximum absolute atomic E-state index is 13.8. The summed E-state index contributed by atoms with van der Waals surface area (Å²) in [4.78, 5) is 41.3. The lowest BCUT2D eigenvalue weighted by atomic mass is 10.1. The minimum absolute atomic E-state index is 0.0208. The molecule has 2 fully saturated rings. The fourth-order valence-electron chi connectivity index (χ4n) is 5.70. The molecule has 13 heteroatoms. The number of aromatic nitrogens is 4. The van der Waals surface area contributed by atoms with Gasteiger partial charge in [-0.3, -0.25) is 9.59 Å². The largest absolute Gasteiger partial charge is 0.416 e. The number of amides is 2. The van der Waals surface area contributed by atoms with Crippen LogP contribution in [0.5, 0.6) is 0 Å². The first-order valence-electron chi connectivity index (χ1n) is 12.3. The van der Waals surface area contributed by atoms with Crippen LogP contribution in [0.1, 0.15) is 29.5 Å². The third-order valence-electron chi connectivity index (χ3n) is 7.57. The van der Waals surface area contributed by atoms with Crippen molar-refractivity contribution in [3.8, 4) is 0 Å². The summed E-state index contributed by atoms with van der Waals surface area (Å²) in [5.74, 6) is 0.00683. The van der Waals surface area contributed by atoms with Crippen molar-refractivity contribution in [1.29, 1.82) is 0 Å². The number of alkyl halides is 3. The molecule has 1 aliphatic heterocycles. The summed E-state index contributed by atoms with van der Waals surface area (Å²) in [7, 11) is 0. The third kappa shape index (κ3) is 4.28. The molecule has 0 unspecified atom stereocenters. The zero-order valence-electron chi connectivity index (χ0n) is 20.9. The molecule has 2 aliphatic rings. The number of pyridine rings is 1. The van der Waals surface area contributed by atoms with Crippen molar-refractivity contribution in [2.24, 2.45) is 5.92 Å². The lowest BCUT2D eigenvalue weighted by Gasteiger charge is -2.27. The molecule has 4 aromatic rings. The summed E-state index contributed by atoms with van der Waals surface area (Å²) in [6.45, 7) is 3.16. The molecule has 9 nitrogen and oxygen atoms in total. The Morgan fingerprint density at radius 2 is 1.92 bits per heavy atom. The van der Waals surface area contributed by atoms with Crippen LogP contribution < -0.4 is 11.1 Å². The van der Waals surface area contributed by atoms with Gasteiger partial charge in [0.2, 0.25) is 11.8 Å². The Balaban J connectivity index is 1.37. The van der Waals surface area contributed by atoms with Crippen LogP contribution in [0.25, 0.3) is 21.9 Å². The number of carbonyl (C=O) groups is 2. The summed E-state index contributed by atoms with van der Waals surface area (Å²) in [6.07, 6.45) is -2.01. The van der Waals surface area contributed by atoms with Gasteiger partial charge in [-0.05, 0) is 77.9 Å². The highest BCUT2D eigenvalue weighted by molar-refractivity contribution is 9.10. The smallest absolute Gasteiger partial charge is 0.383 e. The van der Waals surface area contributed by atoms with Crippen LogP contribution in [0.15, 0.2) is 35.2 Å². The molecule has 6 rings (SSSR count). The van der Waals surface area contributed by atoms with E-state index in [9.17, 15) is 22.8 Å². The Labute approximate surface area is 228 Å². The number of nitrogens with two attached hydrogens (primary N) is 1. The predicted molar refractivity (Wildman–Crippen MR) is 142 cm³/mol. The second-order valence-corrected chi connectivity index (χ2v) is 10.9. The summed E-state index contributed by atoms with van der Waals surface area (Å²) < 4.78 is 43.0. The Morgan fingerprint density at radius 1 is 1.15 bits per heavy atom. The first kappa shape index (κ1) is 25.5. The zero-order chi connectivity index (χ0) is 27.8. The fraction of sp³-hybridized carbons (Fsp3) is 0.346. The lowest BCUT2D eigenvalue weighted by molar-refractivity contribution is -0.138. The van der Waals surface area contributed by atoms with E-state index < -0.39 is 17.8 Å². The highest BCUT2D eigenvalue weighted by atomic mass is 79.9. The van der Waals surface area contributed by atoms with Gasteiger partial charge in [-0.25, -0.2) is 15.0 Å². The van der Waals surface area contributed by atoms with Crippen LogP contribution in [0.2, 0.25) is 0 Å². The number of likely N-dealkylation sites (tertiary alicyclic amines) is 1. The van der Waals surface area contributed by atoms with Gasteiger partial charge in [0, 0.05) is 11.4 Å². The van der Waals surface area contributed by atoms with E-state index in [0.29, 0.717) is 27.9 Å². The number of nitrogen functional groups attached to an aromatic ring is 1. The number of nitrogens with zero attached hydrogens (tertiary/aromatic N) is 5. The predicted octanol–water partition coefficient (Wildman–Crippen LogP) is 4.59. The summed E-state index contributed by atoms with van der Waals surface area (Å²) in [5, 5.41) is 3.33. The minimum atomic E-state index is -4.56. The van der Waals surface area contributed by atoms with E-state index in [1.165, 1.54) is 6.33 Å². The highest BCUT2D eigenvalue weighted by Gasteiger charge is 2.56. The molecule has 39 heavy (non-hydrogen) atoms. The van der Waals surface area contributed by atoms with Crippen LogP contribution in [0, 0.1) is 19.8 Å². The van der Waals surface area contributed by atoms with E-state index in [-0.39, 0.29) is 52.6 Å². The van der Waals surface area contributed by atoms with E-state index in [2.05, 4.69) is 36.2 Å². The number of halogens is 4. The van der Waals surface area contributed by atoms with E-state index in [0.717, 1.165) is 24.1 Å². The monoisotopic (exact) mass is 601 g/mol. The van der Waals surface area contributed by atoms with Crippen LogP contribution in [0.3, 0.4) is 0 Å². The molecule has 0 spiro atoms. The summed E-state index contributed by atoms with van der Waals surface area (Å²) in [5.41, 5.74) is 7.03. The molecular formula is C26H23BrF3N7O2. The van der Waals surface area contributed by atoms with Crippen LogP contribution >= 0.6 is 15.9 Å². The van der Waals surface area contributed by atoms with Crippen LogP contribution in [-0.4, -0.2) is 48.3 Å². The van der Waals surface area contributed by atoms with Gasteiger partial charge in [0.25, 0.3) is 0 Å². The van der Waals surface area contributed by atoms with E-state index >= 15 is 0 Å². The first-order valence-corrected chi connectivity index (χ1v) is 13.1. The molecule has 0 bridgehead atoms. The number of hydrogen-bond acceptors (Lipinski definition) is 6. The Bertz CT molecular complexity index is 1690. The zero-order valence-corrected chi connectivity index (χ0v) is 22.5. The number of piperidine rings is 1. The number of carbonyl (C=O) groups excluding carboxylic acids is 2. The molecule has 2 amide bonds. The normalized spacial score (nSPS) is 20.5. The molecular weight excluding hydrogens is 579 g/mol. The molecule has 1 aliphatic carbocycles. The third-order valence-corrected chi connectivity index (χ3v) is 8.01. The molecule has 4 heterocycles. The summed E-state index contributed by atoms with van der Waals surface area (Å²) >= 11 is 3.31. The fourth-order valence-corrected chi connectivity index (χ4v) is 6.01. The molecule has 3 aromatic heterocycles. The number of anilines is 2. The Hall–Kier alpha value is -3.74. The van der Waals surface area contributed by atoms with Crippen LogP contribution in [-0.2, 0) is 22.3 Å². The molecule has 202 valence electrons. The van der Waals surface area contributed by atoms with Crippen molar-refractivity contribution in [3.05, 3.63) is 51.9 Å². The minimum Gasteiger partial charge on any atom is -0.383 e. The topological polar surface area (TPSA) is 119 Å². The van der Waals surface area contributed by atoms with Crippen molar-refractivity contribution in [3.63, 3.8) is 0 Å². The van der Waals surface area contributed by atoms with Gasteiger partial charge in [-0.2, -0.15) is 13.2 Å². The average Bonchev–Trinajstić information content (AvgIpc) is 3.40. The second kappa shape index (κ2) is 8.90. The molecule has 1 aromatic carbocycles. The number of rotatable bonds is 4. The number of hydrogen-bond donors (Lipinski definition) is 2. The second-order valence-electron chi connectivity index (χ2n) is 10.1. The maximum atomic E-state index is 13.8. The van der Waals surface area contributed by atoms with Gasteiger partial charge >= 0.3 is 6.18 Å². The SMILES string of the molecule is Cc1ccc(Br)nc1NC(=O)[C@@H]1C[C@H]2C[C@H]2N1C(=O)Cn1c2ncnc(N)c2c2cc(C(F)(F)F)cc(C)c21. The van der Waals surface area contributed by atoms with Crippen molar-refractivity contribution in [2.45, 2.75) is 51.5 Å². The van der Waals surface area contributed by atoms with Gasteiger partial charge in [-0.1, -0.05) is 6.07 Å². The van der Waals surface area contributed by atoms with Gasteiger partial charge in [-0.15, -0.1) is 0 Å². The van der Waals surface area contributed by atoms with Gasteiger partial charge in [0.05, 0.1) is 16.5 Å². The van der Waals surface area contributed by atoms with E-state index in [4.69, 9.17) is 5.73 Å². The maximum Gasteiger partial charge on any atom is 0.416 e. The number of nitrogens with one attached hydrogen (secondary N) is 1. The highest BCUT2D eigenvalue weighted by Crippen LogP contribution is 2.48. The lowest BCUT2D eigenvalue weighted by Crippen LogP contribution is -2.46. The van der Waals surface area contributed by atoms with Gasteiger partial charge < -0.3 is 20.5 Å². The van der Waals surface area contributed by atoms with Gasteiger partial charge in [0.15, 0.2) is 0 Å². The van der Waals surface area contributed by atoms with Crippen molar-refractivity contribution < 1.29 is 22.8 Å². The van der Waals surface area contributed by atoms with Gasteiger partial charge in [0.1, 0.15) is 40.8 Å². The summed E-state index contributed by atoms with van der Waals surface area (Å²) in [6, 6.07) is 4.91. The molecule has 3 atom stereocenters. The molecule has 1 saturated heterocycles. The standard InChI is InChI=1S/C26H23BrF3N7O2/c1-11-3-4-18(27)34-23(11)35-25(39)17-7-13-6-16(13)37(17)19(38)9-36-21-12(2)5-14(26(28,29)30)8-15(21)20-22(31)32-10-33-24(20)36/h3-5,8,10,13,16-17H,6-7,9H2,1-2H3,(H2,31,32,33)(H,34,35,39)/t13-,16-,17+/m1/s1. The van der Waals surface area contributed by atoms with Crippen molar-refractivity contribution in [2.75, 3.05) is 11.1 Å². The van der Waals surface area contributed by atoms with Crippen molar-refractivity contribution >= 4 is 61.3 Å². The number of benzene rings is 1. The molecule has 3 N–H and O–H groups in total. The number of aryl methyl sites for hydroxylation is 2. The Morgan fingerprint density at radius 3 is 2.67 bits per heavy atom.